The minimum absolute atomic E-state index is 0.0216. The van der Waals surface area contributed by atoms with Crippen LogP contribution in [0.5, 0.6) is 5.75 Å². The van der Waals surface area contributed by atoms with Crippen molar-refractivity contribution in [1.29, 1.82) is 0 Å². The molecule has 176 valence electrons. The first kappa shape index (κ1) is 24.2. The van der Waals surface area contributed by atoms with E-state index in [1.54, 1.807) is 43.5 Å². The van der Waals surface area contributed by atoms with Crippen LogP contribution in [0.2, 0.25) is 0 Å². The maximum Gasteiger partial charge on any atom is 0.337 e. The number of hydrogen-bond acceptors (Lipinski definition) is 8. The van der Waals surface area contributed by atoms with Crippen molar-refractivity contribution < 1.29 is 34.1 Å². The molecule has 2 fully saturated rings. The number of aromatic nitrogens is 1. The van der Waals surface area contributed by atoms with Crippen molar-refractivity contribution in [3.8, 4) is 5.75 Å². The minimum Gasteiger partial charge on any atom is -0.488 e. The van der Waals surface area contributed by atoms with Gasteiger partial charge in [-0.3, -0.25) is 9.59 Å². The van der Waals surface area contributed by atoms with E-state index in [0.29, 0.717) is 35.1 Å². The first-order valence-corrected chi connectivity index (χ1v) is 10.7. The highest BCUT2D eigenvalue weighted by molar-refractivity contribution is 5.94. The fraction of sp³-hybridized carbons (Fsp3) is 0.417. The number of rotatable bonds is 5. The first-order chi connectivity index (χ1) is 15.9. The monoisotopic (exact) mass is 456 g/mol. The smallest absolute Gasteiger partial charge is 0.337 e. The third kappa shape index (κ3) is 5.87. The highest BCUT2D eigenvalue weighted by atomic mass is 16.5. The molecule has 0 radical (unpaired) electrons. The number of carbonyl (C=O) groups is 3. The van der Waals surface area contributed by atoms with E-state index in [0.717, 1.165) is 25.3 Å². The van der Waals surface area contributed by atoms with Crippen LogP contribution in [0.25, 0.3) is 0 Å². The van der Waals surface area contributed by atoms with E-state index in [1.807, 2.05) is 6.07 Å². The van der Waals surface area contributed by atoms with E-state index in [9.17, 15) is 14.7 Å². The Bertz CT molecular complexity index is 996. The Morgan fingerprint density at radius 1 is 1.12 bits per heavy atom. The van der Waals surface area contributed by atoms with Crippen LogP contribution in [0.3, 0.4) is 0 Å². The van der Waals surface area contributed by atoms with E-state index < -0.39 is 12.1 Å². The molecule has 9 nitrogen and oxygen atoms in total. The number of hydrogen-bond donors (Lipinski definition) is 2. The second kappa shape index (κ2) is 10.9. The Balaban J connectivity index is 0.000000968. The van der Waals surface area contributed by atoms with Crippen LogP contribution >= 0.6 is 0 Å². The molecule has 1 saturated heterocycles. The predicted molar refractivity (Wildman–Crippen MR) is 120 cm³/mol. The maximum absolute atomic E-state index is 11.7. The number of pyridine rings is 1. The molecule has 1 aliphatic heterocycles. The van der Waals surface area contributed by atoms with Gasteiger partial charge in [0.1, 0.15) is 17.7 Å². The number of anilines is 1. The molecule has 0 unspecified atom stereocenters. The van der Waals surface area contributed by atoms with Gasteiger partial charge in [-0.25, -0.2) is 9.78 Å². The second-order valence-electron chi connectivity index (χ2n) is 8.20. The van der Waals surface area contributed by atoms with Gasteiger partial charge in [0.05, 0.1) is 18.8 Å². The summed E-state index contributed by atoms with van der Waals surface area (Å²) in [4.78, 5) is 38.4. The number of carboxylic acid groups (broad SMARTS) is 1. The molecule has 0 bridgehead atoms. The molecular weight excluding hydrogens is 428 g/mol. The molecule has 2 aromatic rings. The Hall–Kier alpha value is -3.46. The normalized spacial score (nSPS) is 23.5. The number of carbonyl (C=O) groups excluding carboxylic acids is 2. The highest BCUT2D eigenvalue weighted by Gasteiger charge is 2.43. The van der Waals surface area contributed by atoms with Gasteiger partial charge in [0.15, 0.2) is 5.78 Å². The summed E-state index contributed by atoms with van der Waals surface area (Å²) < 4.78 is 10.8. The number of Topliss-reactive ketones (excluding diaryl/α,β-unsaturated/α-hetero) is 1. The number of aliphatic hydroxyl groups is 1. The number of aliphatic hydroxyl groups excluding tert-OH is 1. The van der Waals surface area contributed by atoms with Crippen LogP contribution in [-0.4, -0.2) is 65.8 Å². The lowest BCUT2D eigenvalue weighted by molar-refractivity contribution is -0.122. The number of fused-ring (bicyclic) bond motifs is 1. The highest BCUT2D eigenvalue weighted by Crippen LogP contribution is 2.39. The summed E-state index contributed by atoms with van der Waals surface area (Å²) in [7, 11) is 1.34. The summed E-state index contributed by atoms with van der Waals surface area (Å²) in [6.07, 6.45) is 2.12. The van der Waals surface area contributed by atoms with Crippen molar-refractivity contribution in [3.63, 3.8) is 0 Å². The SMILES string of the molecule is COC(=O)c1cccc(O[C@@H]2C[C@@H]3CN(c4cc(C(C)=O)ccn4)C[C@@H]3C[C@H]2O)c1.O=CO. The minimum atomic E-state index is -0.579. The number of ketones is 1. The van der Waals surface area contributed by atoms with E-state index in [4.69, 9.17) is 19.4 Å². The molecule has 2 heterocycles. The number of ether oxygens (including phenoxy) is 2. The standard InChI is InChI=1S/C23H26N2O5.CH2O2/c1-14(26)15-6-7-24-22(11-15)25-12-17-9-20(27)21(10-18(17)13-25)30-19-5-3-4-16(8-19)23(28)29-2;2-1-3/h3-8,11,17-18,20-21,27H,9-10,12-13H2,1-2H3;1H,(H,2,3)/t17-,18+,20+,21+;/m0./s1. The summed E-state index contributed by atoms with van der Waals surface area (Å²) in [5, 5.41) is 17.6. The van der Waals surface area contributed by atoms with E-state index in [2.05, 4.69) is 9.88 Å². The molecule has 33 heavy (non-hydrogen) atoms. The lowest BCUT2D eigenvalue weighted by Gasteiger charge is -2.35. The molecule has 2 aliphatic rings. The zero-order valence-corrected chi connectivity index (χ0v) is 18.6. The predicted octanol–water partition coefficient (Wildman–Crippen LogP) is 2.43. The van der Waals surface area contributed by atoms with Gasteiger partial charge in [-0.1, -0.05) is 6.07 Å². The zero-order chi connectivity index (χ0) is 24.0. The Morgan fingerprint density at radius 3 is 2.48 bits per heavy atom. The van der Waals surface area contributed by atoms with Gasteiger partial charge in [0.2, 0.25) is 0 Å². The molecule has 2 N–H and O–H groups in total. The van der Waals surface area contributed by atoms with Crippen LogP contribution in [0.15, 0.2) is 42.6 Å². The zero-order valence-electron chi connectivity index (χ0n) is 18.6. The third-order valence-corrected chi connectivity index (χ3v) is 6.10. The van der Waals surface area contributed by atoms with Crippen molar-refractivity contribution in [1.82, 2.24) is 4.98 Å². The van der Waals surface area contributed by atoms with Crippen LogP contribution in [0.4, 0.5) is 5.82 Å². The summed E-state index contributed by atoms with van der Waals surface area (Å²) >= 11 is 0. The quantitative estimate of drug-likeness (QED) is 0.396. The summed E-state index contributed by atoms with van der Waals surface area (Å²) in [6.45, 7) is 2.92. The van der Waals surface area contributed by atoms with Gasteiger partial charge < -0.3 is 24.6 Å². The number of esters is 1. The van der Waals surface area contributed by atoms with Crippen molar-refractivity contribution in [2.45, 2.75) is 32.0 Å². The topological polar surface area (TPSA) is 126 Å². The lowest BCUT2D eigenvalue weighted by Crippen LogP contribution is -2.42. The molecule has 4 rings (SSSR count). The third-order valence-electron chi connectivity index (χ3n) is 6.10. The summed E-state index contributed by atoms with van der Waals surface area (Å²) in [5.74, 6) is 1.67. The van der Waals surface area contributed by atoms with Gasteiger partial charge >= 0.3 is 5.97 Å². The van der Waals surface area contributed by atoms with Gasteiger partial charge in [-0.2, -0.15) is 0 Å². The lowest BCUT2D eigenvalue weighted by atomic mass is 9.78. The van der Waals surface area contributed by atoms with Crippen LogP contribution in [0.1, 0.15) is 40.5 Å². The number of methoxy groups -OCH3 is 1. The second-order valence-corrected chi connectivity index (χ2v) is 8.20. The average molecular weight is 456 g/mol. The number of nitrogens with zero attached hydrogens (tertiary/aromatic N) is 2. The van der Waals surface area contributed by atoms with E-state index >= 15 is 0 Å². The molecule has 4 atom stereocenters. The molecule has 9 heteroatoms. The molecule has 0 amide bonds. The molecule has 1 saturated carbocycles. The largest absolute Gasteiger partial charge is 0.488 e. The van der Waals surface area contributed by atoms with Gasteiger partial charge in [-0.05, 0) is 61.9 Å². The Labute approximate surface area is 192 Å². The van der Waals surface area contributed by atoms with Crippen molar-refractivity contribution in [2.75, 3.05) is 25.1 Å². The maximum atomic E-state index is 11.7. The van der Waals surface area contributed by atoms with Gasteiger partial charge in [0, 0.05) is 24.8 Å². The molecule has 1 aromatic heterocycles. The number of benzene rings is 1. The summed E-state index contributed by atoms with van der Waals surface area (Å²) in [6, 6.07) is 10.4. The fourth-order valence-electron chi connectivity index (χ4n) is 4.50. The molecule has 0 spiro atoms. The van der Waals surface area contributed by atoms with E-state index in [1.165, 1.54) is 7.11 Å². The Morgan fingerprint density at radius 2 is 1.82 bits per heavy atom. The summed E-state index contributed by atoms with van der Waals surface area (Å²) in [5.41, 5.74) is 1.07. The molecule has 1 aliphatic carbocycles. The van der Waals surface area contributed by atoms with Gasteiger partial charge in [-0.15, -0.1) is 0 Å². The van der Waals surface area contributed by atoms with Crippen molar-refractivity contribution in [3.05, 3.63) is 53.7 Å². The fourth-order valence-corrected chi connectivity index (χ4v) is 4.50. The van der Waals surface area contributed by atoms with Crippen LogP contribution in [0, 0.1) is 11.8 Å². The van der Waals surface area contributed by atoms with Crippen LogP contribution in [-0.2, 0) is 9.53 Å². The molecule has 1 aromatic carbocycles. The van der Waals surface area contributed by atoms with E-state index in [-0.39, 0.29) is 18.4 Å². The van der Waals surface area contributed by atoms with Crippen molar-refractivity contribution >= 4 is 24.0 Å². The average Bonchev–Trinajstić information content (AvgIpc) is 3.22. The molecular formula is C24H28N2O7. The van der Waals surface area contributed by atoms with Crippen molar-refractivity contribution in [2.24, 2.45) is 11.8 Å². The first-order valence-electron chi connectivity index (χ1n) is 10.7. The Kier molecular flexibility index (Phi) is 8.00. The van der Waals surface area contributed by atoms with Crippen LogP contribution < -0.4 is 9.64 Å². The van der Waals surface area contributed by atoms with Gasteiger partial charge in [0.25, 0.3) is 6.47 Å².